The summed E-state index contributed by atoms with van der Waals surface area (Å²) < 4.78 is 27.7. The molecule has 2 aliphatic carbocycles. The molecule has 0 heterocycles. The second kappa shape index (κ2) is 5.47. The van der Waals surface area contributed by atoms with Gasteiger partial charge >= 0.3 is 0 Å². The van der Waals surface area contributed by atoms with E-state index in [4.69, 9.17) is 5.73 Å². The highest BCUT2D eigenvalue weighted by Gasteiger charge is 2.39. The van der Waals surface area contributed by atoms with Gasteiger partial charge in [0.05, 0.1) is 5.25 Å². The summed E-state index contributed by atoms with van der Waals surface area (Å²) in [4.78, 5) is 0. The van der Waals surface area contributed by atoms with Crippen LogP contribution in [0.15, 0.2) is 0 Å². The van der Waals surface area contributed by atoms with Crippen LogP contribution >= 0.6 is 0 Å². The quantitative estimate of drug-likeness (QED) is 0.820. The molecule has 0 aromatic heterocycles. The molecule has 2 aliphatic rings. The van der Waals surface area contributed by atoms with Crippen LogP contribution in [0.3, 0.4) is 0 Å². The van der Waals surface area contributed by atoms with Crippen LogP contribution in [0.4, 0.5) is 0 Å². The largest absolute Gasteiger partial charge is 0.329 e. The fourth-order valence-electron chi connectivity index (χ4n) is 3.25. The number of nitrogens with one attached hydrogen (secondary N) is 1. The topological polar surface area (TPSA) is 72.2 Å². The van der Waals surface area contributed by atoms with Gasteiger partial charge in [-0.15, -0.1) is 0 Å². The minimum Gasteiger partial charge on any atom is -0.329 e. The van der Waals surface area contributed by atoms with Gasteiger partial charge in [-0.25, -0.2) is 13.1 Å². The van der Waals surface area contributed by atoms with E-state index >= 15 is 0 Å². The normalized spacial score (nSPS) is 34.9. The van der Waals surface area contributed by atoms with Crippen molar-refractivity contribution in [3.63, 3.8) is 0 Å². The maximum absolute atomic E-state index is 12.4. The van der Waals surface area contributed by atoms with Crippen molar-refractivity contribution in [1.82, 2.24) is 4.72 Å². The van der Waals surface area contributed by atoms with Crippen molar-refractivity contribution in [2.75, 3.05) is 6.54 Å². The van der Waals surface area contributed by atoms with Gasteiger partial charge in [-0.2, -0.15) is 0 Å². The van der Waals surface area contributed by atoms with Gasteiger partial charge in [-0.05, 0) is 44.4 Å². The smallest absolute Gasteiger partial charge is 0.215 e. The number of sulfonamides is 1. The predicted molar refractivity (Wildman–Crippen MR) is 73.7 cm³/mol. The van der Waals surface area contributed by atoms with E-state index in [1.54, 1.807) is 0 Å². The third-order valence-electron chi connectivity index (χ3n) is 4.72. The Morgan fingerprint density at radius 1 is 1.17 bits per heavy atom. The maximum atomic E-state index is 12.4. The summed E-state index contributed by atoms with van der Waals surface area (Å²) in [6.07, 6.45) is 7.62. The Bertz CT molecular complexity index is 366. The van der Waals surface area contributed by atoms with Crippen LogP contribution in [0.2, 0.25) is 0 Å². The highest BCUT2D eigenvalue weighted by atomic mass is 32.2. The standard InChI is InChI=1S/C13H26N2O2S/c1-11-6-8-13(10-14,9-7-11)15-18(16,17)12-4-2-3-5-12/h11-12,15H,2-10,14H2,1H3. The lowest BCUT2D eigenvalue weighted by Crippen LogP contribution is -2.56. The summed E-state index contributed by atoms with van der Waals surface area (Å²) >= 11 is 0. The fraction of sp³-hybridized carbons (Fsp3) is 1.00. The first kappa shape index (κ1) is 14.3. The Balaban J connectivity index is 2.05. The zero-order valence-corrected chi connectivity index (χ0v) is 12.1. The van der Waals surface area contributed by atoms with Gasteiger partial charge in [-0.3, -0.25) is 0 Å². The van der Waals surface area contributed by atoms with E-state index in [-0.39, 0.29) is 10.8 Å². The van der Waals surface area contributed by atoms with Gasteiger partial charge in [-0.1, -0.05) is 19.8 Å². The highest BCUT2D eigenvalue weighted by Crippen LogP contribution is 2.33. The summed E-state index contributed by atoms with van der Waals surface area (Å²) in [5.74, 6) is 0.695. The molecule has 0 radical (unpaired) electrons. The second-order valence-corrected chi connectivity index (χ2v) is 8.18. The zero-order chi connectivity index (χ0) is 13.2. The Labute approximate surface area is 111 Å². The molecule has 0 aromatic rings. The average Bonchev–Trinajstić information content (AvgIpc) is 2.87. The molecule has 3 N–H and O–H groups in total. The molecule has 4 nitrogen and oxygen atoms in total. The van der Waals surface area contributed by atoms with Crippen LogP contribution in [0.25, 0.3) is 0 Å². The molecule has 2 rings (SSSR count). The Morgan fingerprint density at radius 2 is 1.72 bits per heavy atom. The predicted octanol–water partition coefficient (Wildman–Crippen LogP) is 1.76. The van der Waals surface area contributed by atoms with E-state index in [9.17, 15) is 8.42 Å². The Hall–Kier alpha value is -0.130. The van der Waals surface area contributed by atoms with Crippen molar-refractivity contribution in [2.45, 2.75) is 69.1 Å². The summed E-state index contributed by atoms with van der Waals surface area (Å²) in [7, 11) is -3.18. The van der Waals surface area contributed by atoms with E-state index in [2.05, 4.69) is 11.6 Å². The SMILES string of the molecule is CC1CCC(CN)(NS(=O)(=O)C2CCCC2)CC1. The van der Waals surface area contributed by atoms with E-state index < -0.39 is 10.0 Å². The van der Waals surface area contributed by atoms with E-state index in [0.29, 0.717) is 12.5 Å². The molecule has 5 heteroatoms. The third kappa shape index (κ3) is 3.06. The van der Waals surface area contributed by atoms with Crippen molar-refractivity contribution in [3.05, 3.63) is 0 Å². The third-order valence-corrected chi connectivity index (χ3v) is 6.79. The van der Waals surface area contributed by atoms with Gasteiger partial charge in [0.25, 0.3) is 0 Å². The minimum atomic E-state index is -3.18. The van der Waals surface area contributed by atoms with Gasteiger partial charge in [0.15, 0.2) is 0 Å². The van der Waals surface area contributed by atoms with Crippen LogP contribution in [-0.4, -0.2) is 25.8 Å². The summed E-state index contributed by atoms with van der Waals surface area (Å²) in [5.41, 5.74) is 5.50. The fourth-order valence-corrected chi connectivity index (χ4v) is 5.26. The molecular formula is C13H26N2O2S. The molecule has 0 aliphatic heterocycles. The summed E-state index contributed by atoms with van der Waals surface area (Å²) in [5, 5.41) is -0.180. The van der Waals surface area contributed by atoms with Crippen molar-refractivity contribution >= 4 is 10.0 Å². The molecule has 0 saturated heterocycles. The van der Waals surface area contributed by atoms with Gasteiger partial charge < -0.3 is 5.73 Å². The second-order valence-electron chi connectivity index (χ2n) is 6.22. The zero-order valence-electron chi connectivity index (χ0n) is 11.3. The number of nitrogens with two attached hydrogens (primary N) is 1. The summed E-state index contributed by atoms with van der Waals surface area (Å²) in [6, 6.07) is 0. The van der Waals surface area contributed by atoms with Crippen LogP contribution in [-0.2, 0) is 10.0 Å². The van der Waals surface area contributed by atoms with Crippen molar-refractivity contribution in [3.8, 4) is 0 Å². The number of rotatable bonds is 4. The molecule has 0 spiro atoms. The van der Waals surface area contributed by atoms with Crippen molar-refractivity contribution in [1.29, 1.82) is 0 Å². The lowest BCUT2D eigenvalue weighted by molar-refractivity contribution is 0.230. The van der Waals surface area contributed by atoms with Gasteiger partial charge in [0, 0.05) is 12.1 Å². The minimum absolute atomic E-state index is 0.180. The van der Waals surface area contributed by atoms with Crippen LogP contribution < -0.4 is 10.5 Å². The molecule has 0 amide bonds. The van der Waals surface area contributed by atoms with Crippen molar-refractivity contribution < 1.29 is 8.42 Å². The molecule has 0 aromatic carbocycles. The number of hydrogen-bond donors (Lipinski definition) is 2. The first-order chi connectivity index (χ1) is 8.47. The molecule has 0 unspecified atom stereocenters. The molecule has 2 saturated carbocycles. The Kier molecular flexibility index (Phi) is 4.34. The molecular weight excluding hydrogens is 248 g/mol. The maximum Gasteiger partial charge on any atom is 0.215 e. The summed E-state index contributed by atoms with van der Waals surface area (Å²) in [6.45, 7) is 2.65. The lowest BCUT2D eigenvalue weighted by atomic mass is 9.78. The number of hydrogen-bond acceptors (Lipinski definition) is 3. The molecule has 0 atom stereocenters. The molecule has 106 valence electrons. The average molecular weight is 274 g/mol. The van der Waals surface area contributed by atoms with Crippen LogP contribution in [0, 0.1) is 5.92 Å². The van der Waals surface area contributed by atoms with Gasteiger partial charge in [0.1, 0.15) is 0 Å². The first-order valence-corrected chi connectivity index (χ1v) is 8.75. The molecule has 2 fully saturated rings. The highest BCUT2D eigenvalue weighted by molar-refractivity contribution is 7.90. The van der Waals surface area contributed by atoms with Crippen LogP contribution in [0.5, 0.6) is 0 Å². The Morgan fingerprint density at radius 3 is 2.22 bits per heavy atom. The first-order valence-electron chi connectivity index (χ1n) is 7.20. The van der Waals surface area contributed by atoms with E-state index in [0.717, 1.165) is 51.4 Å². The molecule has 18 heavy (non-hydrogen) atoms. The van der Waals surface area contributed by atoms with E-state index in [1.165, 1.54) is 0 Å². The van der Waals surface area contributed by atoms with Crippen LogP contribution in [0.1, 0.15) is 58.3 Å². The molecule has 0 bridgehead atoms. The van der Waals surface area contributed by atoms with E-state index in [1.807, 2.05) is 0 Å². The monoisotopic (exact) mass is 274 g/mol. The van der Waals surface area contributed by atoms with Gasteiger partial charge in [0.2, 0.25) is 10.0 Å². The van der Waals surface area contributed by atoms with Crippen molar-refractivity contribution in [2.24, 2.45) is 11.7 Å². The lowest BCUT2D eigenvalue weighted by Gasteiger charge is -2.39.